The van der Waals surface area contributed by atoms with E-state index in [0.29, 0.717) is 5.69 Å². The van der Waals surface area contributed by atoms with Crippen LogP contribution < -0.4 is 15.8 Å². The number of anilines is 1. The molecule has 2 aromatic carbocycles. The van der Waals surface area contributed by atoms with Crippen LogP contribution in [0.2, 0.25) is 0 Å². The molecule has 3 N–H and O–H groups in total. The molecule has 0 fully saturated rings. The molecule has 0 aliphatic rings. The van der Waals surface area contributed by atoms with Gasteiger partial charge in [-0.2, -0.15) is 0 Å². The normalized spacial score (nSPS) is 12.4. The van der Waals surface area contributed by atoms with Crippen LogP contribution in [0.25, 0.3) is 0 Å². The Kier molecular flexibility index (Phi) is 5.41. The van der Waals surface area contributed by atoms with Crippen molar-refractivity contribution in [1.29, 1.82) is 0 Å². The maximum absolute atomic E-state index is 12.1. The van der Waals surface area contributed by atoms with Crippen LogP contribution in [0, 0.1) is 0 Å². The van der Waals surface area contributed by atoms with Crippen molar-refractivity contribution in [2.24, 2.45) is 15.7 Å². The van der Waals surface area contributed by atoms with Crippen LogP contribution >= 0.6 is 0 Å². The van der Waals surface area contributed by atoms with Gasteiger partial charge in [0.25, 0.3) is 0 Å². The van der Waals surface area contributed by atoms with Crippen molar-refractivity contribution in [3.63, 3.8) is 0 Å². The number of halogens is 3. The number of aliphatic imine (C=N–C) groups is 2. The molecule has 0 saturated carbocycles. The summed E-state index contributed by atoms with van der Waals surface area (Å²) >= 11 is 0. The lowest BCUT2D eigenvalue weighted by Crippen LogP contribution is -2.16. The first-order valence-electron chi connectivity index (χ1n) is 6.87. The lowest BCUT2D eigenvalue weighted by Gasteiger charge is -2.08. The van der Waals surface area contributed by atoms with Crippen LogP contribution in [0.1, 0.15) is 5.56 Å². The molecule has 0 unspecified atom stereocenters. The third kappa shape index (κ3) is 5.31. The summed E-state index contributed by atoms with van der Waals surface area (Å²) in [6.07, 6.45) is -3.48. The molecular weight excluding hydrogens is 321 g/mol. The van der Waals surface area contributed by atoms with Crippen molar-refractivity contribution < 1.29 is 17.9 Å². The molecule has 0 radical (unpaired) electrons. The molecule has 5 nitrogen and oxygen atoms in total. The molecule has 0 heterocycles. The predicted octanol–water partition coefficient (Wildman–Crippen LogP) is 3.69. The monoisotopic (exact) mass is 336 g/mol. The fourth-order valence-electron chi connectivity index (χ4n) is 1.77. The molecule has 24 heavy (non-hydrogen) atoms. The van der Waals surface area contributed by atoms with Gasteiger partial charge in [-0.3, -0.25) is 0 Å². The molecule has 0 atom stereocenters. The minimum Gasteiger partial charge on any atom is -0.406 e. The molecule has 0 aromatic heterocycles. The molecule has 0 aliphatic heterocycles. The number of hydrogen-bond donors (Lipinski definition) is 2. The van der Waals surface area contributed by atoms with E-state index in [-0.39, 0.29) is 11.6 Å². The Morgan fingerprint density at radius 2 is 1.71 bits per heavy atom. The minimum atomic E-state index is -4.72. The zero-order valence-electron chi connectivity index (χ0n) is 12.7. The van der Waals surface area contributed by atoms with Gasteiger partial charge in [0.05, 0.1) is 5.69 Å². The number of rotatable bonds is 5. The number of nitrogens with one attached hydrogen (secondary N) is 1. The second kappa shape index (κ2) is 7.49. The average molecular weight is 336 g/mol. The van der Waals surface area contributed by atoms with Gasteiger partial charge in [-0.15, -0.1) is 13.2 Å². The maximum atomic E-state index is 12.1. The van der Waals surface area contributed by atoms with E-state index in [2.05, 4.69) is 20.0 Å². The van der Waals surface area contributed by atoms with E-state index in [9.17, 15) is 13.2 Å². The lowest BCUT2D eigenvalue weighted by molar-refractivity contribution is -0.274. The summed E-state index contributed by atoms with van der Waals surface area (Å²) in [5.41, 5.74) is 7.94. The van der Waals surface area contributed by atoms with E-state index in [4.69, 9.17) is 5.73 Å². The Balaban J connectivity index is 2.01. The fraction of sp³-hybridized carbons (Fsp3) is 0.125. The van der Waals surface area contributed by atoms with E-state index >= 15 is 0 Å². The van der Waals surface area contributed by atoms with Crippen molar-refractivity contribution in [3.05, 3.63) is 54.1 Å². The van der Waals surface area contributed by atoms with Crippen molar-refractivity contribution >= 4 is 23.5 Å². The SMILES string of the molecule is CNc1ccc(C(N)=NC=Nc2ccc(OC(F)(F)F)cc2)cc1. The van der Waals surface area contributed by atoms with Crippen LogP contribution in [0.4, 0.5) is 24.5 Å². The van der Waals surface area contributed by atoms with Gasteiger partial charge in [-0.25, -0.2) is 9.98 Å². The quantitative estimate of drug-likeness (QED) is 0.646. The van der Waals surface area contributed by atoms with Crippen molar-refractivity contribution in [2.75, 3.05) is 12.4 Å². The first-order valence-corrected chi connectivity index (χ1v) is 6.87. The number of ether oxygens (including phenoxy) is 1. The first-order chi connectivity index (χ1) is 11.4. The molecule has 0 spiro atoms. The highest BCUT2D eigenvalue weighted by molar-refractivity contribution is 6.01. The number of nitrogens with two attached hydrogens (primary N) is 1. The summed E-state index contributed by atoms with van der Waals surface area (Å²) in [5, 5.41) is 2.99. The van der Waals surface area contributed by atoms with Crippen molar-refractivity contribution in [1.82, 2.24) is 0 Å². The second-order valence-electron chi connectivity index (χ2n) is 4.63. The molecular formula is C16H15F3N4O. The van der Waals surface area contributed by atoms with Gasteiger partial charge in [0.15, 0.2) is 0 Å². The molecule has 0 bridgehead atoms. The van der Waals surface area contributed by atoms with E-state index in [1.54, 1.807) is 0 Å². The summed E-state index contributed by atoms with van der Waals surface area (Å²) < 4.78 is 39.9. The predicted molar refractivity (Wildman–Crippen MR) is 88.0 cm³/mol. The van der Waals surface area contributed by atoms with Crippen LogP contribution in [0.5, 0.6) is 5.75 Å². The van der Waals surface area contributed by atoms with Gasteiger partial charge in [-0.1, -0.05) is 0 Å². The summed E-state index contributed by atoms with van der Waals surface area (Å²) in [6.45, 7) is 0. The highest BCUT2D eigenvalue weighted by Crippen LogP contribution is 2.24. The molecule has 126 valence electrons. The standard InChI is InChI=1S/C16H15F3N4O/c1-21-12-4-2-11(3-5-12)15(20)23-10-22-13-6-8-14(9-7-13)24-16(17,18)19/h2-10,21H,1H3,(H2,20,22,23). The zero-order valence-corrected chi connectivity index (χ0v) is 12.7. The van der Waals surface area contributed by atoms with E-state index in [0.717, 1.165) is 11.3 Å². The minimum absolute atomic E-state index is 0.276. The second-order valence-corrected chi connectivity index (χ2v) is 4.63. The Hall–Kier alpha value is -3.03. The van der Waals surface area contributed by atoms with Gasteiger partial charge >= 0.3 is 6.36 Å². The van der Waals surface area contributed by atoms with E-state index in [1.165, 1.54) is 30.6 Å². The fourth-order valence-corrected chi connectivity index (χ4v) is 1.77. The first kappa shape index (κ1) is 17.3. The Labute approximate surface area is 136 Å². The van der Waals surface area contributed by atoms with E-state index in [1.807, 2.05) is 31.3 Å². The number of benzene rings is 2. The largest absolute Gasteiger partial charge is 0.573 e. The Bertz CT molecular complexity index is 722. The summed E-state index contributed by atoms with van der Waals surface area (Å²) in [5.74, 6) is -0.0347. The summed E-state index contributed by atoms with van der Waals surface area (Å²) in [7, 11) is 1.81. The lowest BCUT2D eigenvalue weighted by atomic mass is 10.2. The molecule has 2 rings (SSSR count). The van der Waals surface area contributed by atoms with Crippen LogP contribution in [-0.4, -0.2) is 25.6 Å². The van der Waals surface area contributed by atoms with E-state index < -0.39 is 6.36 Å². The molecule has 8 heteroatoms. The smallest absolute Gasteiger partial charge is 0.406 e. The number of alkyl halides is 3. The van der Waals surface area contributed by atoms with Crippen LogP contribution in [-0.2, 0) is 0 Å². The number of hydrogen-bond acceptors (Lipinski definition) is 3. The maximum Gasteiger partial charge on any atom is 0.573 e. The summed E-state index contributed by atoms with van der Waals surface area (Å²) in [4.78, 5) is 8.00. The van der Waals surface area contributed by atoms with Gasteiger partial charge in [0.2, 0.25) is 0 Å². The molecule has 2 aromatic rings. The third-order valence-electron chi connectivity index (χ3n) is 2.94. The van der Waals surface area contributed by atoms with Crippen LogP contribution in [0.3, 0.4) is 0 Å². The topological polar surface area (TPSA) is 72.0 Å². The summed E-state index contributed by atoms with van der Waals surface area (Å²) in [6, 6.07) is 12.4. The molecule has 0 aliphatic carbocycles. The Morgan fingerprint density at radius 1 is 1.08 bits per heavy atom. The molecule has 0 saturated heterocycles. The zero-order chi connectivity index (χ0) is 17.6. The Morgan fingerprint density at radius 3 is 2.25 bits per heavy atom. The number of nitrogens with zero attached hydrogens (tertiary/aromatic N) is 2. The molecule has 0 amide bonds. The highest BCUT2D eigenvalue weighted by Gasteiger charge is 2.30. The van der Waals surface area contributed by atoms with Gasteiger partial charge < -0.3 is 15.8 Å². The highest BCUT2D eigenvalue weighted by atomic mass is 19.4. The van der Waals surface area contributed by atoms with Gasteiger partial charge in [0.1, 0.15) is 17.9 Å². The van der Waals surface area contributed by atoms with Crippen LogP contribution in [0.15, 0.2) is 58.5 Å². The third-order valence-corrected chi connectivity index (χ3v) is 2.94. The number of amidine groups is 1. The van der Waals surface area contributed by atoms with Gasteiger partial charge in [-0.05, 0) is 48.5 Å². The van der Waals surface area contributed by atoms with Gasteiger partial charge in [0, 0.05) is 18.3 Å². The average Bonchev–Trinajstić information content (AvgIpc) is 2.55. The van der Waals surface area contributed by atoms with Crippen molar-refractivity contribution in [2.45, 2.75) is 6.36 Å². The van der Waals surface area contributed by atoms with Crippen molar-refractivity contribution in [3.8, 4) is 5.75 Å².